The van der Waals surface area contributed by atoms with E-state index in [9.17, 15) is 40.1 Å². The van der Waals surface area contributed by atoms with Crippen LogP contribution in [0.15, 0.2) is 41.4 Å². The Bertz CT molecular complexity index is 1450. The number of aromatic nitrogens is 1. The van der Waals surface area contributed by atoms with Crippen molar-refractivity contribution in [3.8, 4) is 0 Å². The fourth-order valence-corrected chi connectivity index (χ4v) is 5.30. The second-order valence-electron chi connectivity index (χ2n) is 9.00. The van der Waals surface area contributed by atoms with E-state index in [0.29, 0.717) is 17.7 Å². The molecule has 1 atom stereocenters. The summed E-state index contributed by atoms with van der Waals surface area (Å²) in [5, 5.41) is 9.11. The number of hydrogen-bond donors (Lipinski definition) is 2. The molecule has 0 spiro atoms. The van der Waals surface area contributed by atoms with Gasteiger partial charge in [-0.1, -0.05) is 18.9 Å². The van der Waals surface area contributed by atoms with E-state index in [1.54, 1.807) is 12.3 Å². The zero-order chi connectivity index (χ0) is 29.1. The summed E-state index contributed by atoms with van der Waals surface area (Å²) in [5.74, 6) is -15.0. The van der Waals surface area contributed by atoms with Crippen LogP contribution < -0.4 is 9.62 Å². The molecule has 40 heavy (non-hydrogen) atoms. The first-order valence-corrected chi connectivity index (χ1v) is 13.1. The van der Waals surface area contributed by atoms with Crippen LogP contribution in [0.1, 0.15) is 53.2 Å². The van der Waals surface area contributed by atoms with Gasteiger partial charge in [0.05, 0.1) is 30.0 Å². The number of benzene rings is 2. The van der Waals surface area contributed by atoms with Crippen LogP contribution in [0, 0.1) is 34.9 Å². The molecule has 1 amide bonds. The number of anilines is 1. The topological polar surface area (TPSA) is 99.6 Å². The van der Waals surface area contributed by atoms with Crippen LogP contribution in [0.5, 0.6) is 0 Å². The van der Waals surface area contributed by atoms with E-state index in [-0.39, 0.29) is 12.2 Å². The number of rotatable bonds is 9. The summed E-state index contributed by atoms with van der Waals surface area (Å²) in [6.07, 6.45) is 5.85. The van der Waals surface area contributed by atoms with Crippen molar-refractivity contribution in [2.24, 2.45) is 0 Å². The Hall–Kier alpha value is -3.78. The first-order valence-electron chi connectivity index (χ1n) is 11.9. The number of carbonyl (C=O) groups is 2. The Labute approximate surface area is 226 Å². The van der Waals surface area contributed by atoms with Gasteiger partial charge in [0.15, 0.2) is 23.3 Å². The molecular weight excluding hydrogens is 564 g/mol. The second kappa shape index (κ2) is 12.2. The molecule has 4 rings (SSSR count). The summed E-state index contributed by atoms with van der Waals surface area (Å²) in [7, 11) is -3.08. The van der Waals surface area contributed by atoms with Crippen LogP contribution in [-0.2, 0) is 22.3 Å². The standard InChI is InChI=1S/C26H21F6N3O4S/c27-17-9-14(26(37)38)6-8-18(17)35(12-16-7-5-15(10-33-16)13-3-1-2-4-13)19(36)11-34-40(39)25-23(31)21(29)20(28)22(30)24(25)32/h5-10,13,34H,1-4,11-12H2,(H,37,38). The number of halogens is 6. The Balaban J connectivity index is 1.59. The fourth-order valence-electron chi connectivity index (χ4n) is 4.40. The highest BCUT2D eigenvalue weighted by atomic mass is 32.2. The first kappa shape index (κ1) is 29.2. The maximum absolute atomic E-state index is 14.9. The highest BCUT2D eigenvalue weighted by Crippen LogP contribution is 2.34. The Kier molecular flexibility index (Phi) is 8.88. The van der Waals surface area contributed by atoms with Crippen molar-refractivity contribution in [1.82, 2.24) is 9.71 Å². The summed E-state index contributed by atoms with van der Waals surface area (Å²) in [5.41, 5.74) is 0.507. The maximum atomic E-state index is 14.9. The van der Waals surface area contributed by atoms with Gasteiger partial charge in [0.2, 0.25) is 11.7 Å². The van der Waals surface area contributed by atoms with E-state index in [2.05, 4.69) is 4.98 Å². The summed E-state index contributed by atoms with van der Waals surface area (Å²) in [6.45, 7) is -1.34. The van der Waals surface area contributed by atoms with Crippen molar-refractivity contribution in [3.05, 3.63) is 88.3 Å². The minimum atomic E-state index is -3.08. The maximum Gasteiger partial charge on any atom is 0.335 e. The molecule has 1 heterocycles. The summed E-state index contributed by atoms with van der Waals surface area (Å²) in [6, 6.07) is 6.18. The fraction of sp³-hybridized carbons (Fsp3) is 0.269. The SMILES string of the molecule is O=C(O)c1ccc(N(Cc2ccc(C3CCCC3)cn2)C(=O)CNS(=O)c2c(F)c(F)c(F)c(F)c2F)c(F)c1. The van der Waals surface area contributed by atoms with E-state index < -0.39 is 74.8 Å². The Morgan fingerprint density at radius 2 is 1.57 bits per heavy atom. The van der Waals surface area contributed by atoms with Gasteiger partial charge in [0.25, 0.3) is 0 Å². The van der Waals surface area contributed by atoms with E-state index in [0.717, 1.165) is 48.3 Å². The summed E-state index contributed by atoms with van der Waals surface area (Å²) < 4.78 is 97.7. The summed E-state index contributed by atoms with van der Waals surface area (Å²) >= 11 is 0. The highest BCUT2D eigenvalue weighted by Gasteiger charge is 2.30. The van der Waals surface area contributed by atoms with Crippen LogP contribution in [0.3, 0.4) is 0 Å². The number of nitrogens with one attached hydrogen (secondary N) is 1. The highest BCUT2D eigenvalue weighted by molar-refractivity contribution is 7.83. The minimum absolute atomic E-state index is 0.303. The van der Waals surface area contributed by atoms with Crippen molar-refractivity contribution in [3.63, 3.8) is 0 Å². The zero-order valence-electron chi connectivity index (χ0n) is 20.5. The molecule has 1 unspecified atom stereocenters. The third-order valence-corrected chi connectivity index (χ3v) is 7.63. The van der Waals surface area contributed by atoms with E-state index >= 15 is 0 Å². The quantitative estimate of drug-likeness (QED) is 0.207. The monoisotopic (exact) mass is 585 g/mol. The average molecular weight is 586 g/mol. The molecule has 1 aliphatic rings. The third-order valence-electron chi connectivity index (χ3n) is 6.49. The molecule has 2 aromatic carbocycles. The minimum Gasteiger partial charge on any atom is -0.478 e. The van der Waals surface area contributed by atoms with Gasteiger partial charge < -0.3 is 10.0 Å². The van der Waals surface area contributed by atoms with Gasteiger partial charge in [-0.3, -0.25) is 9.78 Å². The van der Waals surface area contributed by atoms with Gasteiger partial charge in [-0.25, -0.2) is 40.1 Å². The molecule has 1 aliphatic carbocycles. The van der Waals surface area contributed by atoms with Crippen LogP contribution in [-0.4, -0.2) is 32.7 Å². The lowest BCUT2D eigenvalue weighted by molar-refractivity contribution is -0.117. The molecular formula is C26H21F6N3O4S. The number of carboxylic acid groups (broad SMARTS) is 1. The average Bonchev–Trinajstić information content (AvgIpc) is 3.48. The molecule has 2 N–H and O–H groups in total. The zero-order valence-corrected chi connectivity index (χ0v) is 21.3. The Morgan fingerprint density at radius 1 is 0.950 bits per heavy atom. The first-order chi connectivity index (χ1) is 19.0. The van der Waals surface area contributed by atoms with Crippen LogP contribution >= 0.6 is 0 Å². The lowest BCUT2D eigenvalue weighted by atomic mass is 9.99. The molecule has 0 radical (unpaired) electrons. The molecule has 1 aromatic heterocycles. The number of carbonyl (C=O) groups excluding carboxylic acids is 1. The lowest BCUT2D eigenvalue weighted by Gasteiger charge is -2.24. The molecule has 212 valence electrons. The van der Waals surface area contributed by atoms with Crippen LogP contribution in [0.4, 0.5) is 32.0 Å². The van der Waals surface area contributed by atoms with Crippen LogP contribution in [0.2, 0.25) is 0 Å². The van der Waals surface area contributed by atoms with E-state index in [1.807, 2.05) is 10.8 Å². The molecule has 7 nitrogen and oxygen atoms in total. The van der Waals surface area contributed by atoms with Gasteiger partial charge in [-0.2, -0.15) is 0 Å². The summed E-state index contributed by atoms with van der Waals surface area (Å²) in [4.78, 5) is 27.8. The van der Waals surface area contributed by atoms with Crippen molar-refractivity contribution in [2.75, 3.05) is 11.4 Å². The number of amides is 1. The van der Waals surface area contributed by atoms with Crippen molar-refractivity contribution in [1.29, 1.82) is 0 Å². The molecule has 1 saturated carbocycles. The third kappa shape index (κ3) is 6.02. The molecule has 0 saturated heterocycles. The lowest BCUT2D eigenvalue weighted by Crippen LogP contribution is -2.39. The number of aromatic carboxylic acids is 1. The smallest absolute Gasteiger partial charge is 0.335 e. The van der Waals surface area contributed by atoms with Crippen molar-refractivity contribution >= 4 is 28.5 Å². The normalized spacial score (nSPS) is 14.3. The van der Waals surface area contributed by atoms with E-state index in [1.165, 1.54) is 0 Å². The largest absolute Gasteiger partial charge is 0.478 e. The Morgan fingerprint density at radius 3 is 2.12 bits per heavy atom. The molecule has 14 heteroatoms. The van der Waals surface area contributed by atoms with Gasteiger partial charge in [0, 0.05) is 6.20 Å². The number of nitrogens with zero attached hydrogens (tertiary/aromatic N) is 2. The van der Waals surface area contributed by atoms with Crippen LogP contribution in [0.25, 0.3) is 0 Å². The molecule has 0 bridgehead atoms. The van der Waals surface area contributed by atoms with Gasteiger partial charge in [-0.05, 0) is 48.6 Å². The van der Waals surface area contributed by atoms with Crippen molar-refractivity contribution < 1.29 is 45.2 Å². The predicted molar refractivity (Wildman–Crippen MR) is 131 cm³/mol. The second-order valence-corrected chi connectivity index (χ2v) is 10.2. The van der Waals surface area contributed by atoms with Gasteiger partial charge in [-0.15, -0.1) is 0 Å². The number of pyridine rings is 1. The van der Waals surface area contributed by atoms with Gasteiger partial charge in [0.1, 0.15) is 21.7 Å². The van der Waals surface area contributed by atoms with Gasteiger partial charge >= 0.3 is 5.97 Å². The molecule has 0 aliphatic heterocycles. The number of carboxylic acids is 1. The van der Waals surface area contributed by atoms with Crippen molar-refractivity contribution in [2.45, 2.75) is 43.0 Å². The predicted octanol–water partition coefficient (Wildman–Crippen LogP) is 5.12. The molecule has 1 fully saturated rings. The number of hydrogen-bond acceptors (Lipinski definition) is 4. The molecule has 3 aromatic rings. The van der Waals surface area contributed by atoms with E-state index in [4.69, 9.17) is 5.11 Å².